The van der Waals surface area contributed by atoms with E-state index in [9.17, 15) is 0 Å². The predicted molar refractivity (Wildman–Crippen MR) is 217 cm³/mol. The third-order valence-electron chi connectivity index (χ3n) is 10.1. The molecular formula is C49H31N3. The van der Waals surface area contributed by atoms with Gasteiger partial charge < -0.3 is 0 Å². The predicted octanol–water partition coefficient (Wildman–Crippen LogP) is 12.8. The zero-order chi connectivity index (χ0) is 34.4. The van der Waals surface area contributed by atoms with Crippen LogP contribution in [-0.2, 0) is 0 Å². The Morgan fingerprint density at radius 1 is 0.250 bits per heavy atom. The van der Waals surface area contributed by atoms with Gasteiger partial charge in [-0.2, -0.15) is 0 Å². The summed E-state index contributed by atoms with van der Waals surface area (Å²) >= 11 is 0. The molecule has 0 aliphatic heterocycles. The van der Waals surface area contributed by atoms with Gasteiger partial charge in [-0.3, -0.25) is 0 Å². The molecule has 52 heavy (non-hydrogen) atoms. The van der Waals surface area contributed by atoms with Crippen LogP contribution in [0.5, 0.6) is 0 Å². The first-order valence-corrected chi connectivity index (χ1v) is 17.6. The average molecular weight is 662 g/mol. The Morgan fingerprint density at radius 2 is 0.712 bits per heavy atom. The molecular weight excluding hydrogens is 631 g/mol. The zero-order valence-corrected chi connectivity index (χ0v) is 28.2. The largest absolute Gasteiger partial charge is 0.208 e. The van der Waals surface area contributed by atoms with E-state index in [1.54, 1.807) is 0 Å². The fraction of sp³-hybridized carbons (Fsp3) is 0. The van der Waals surface area contributed by atoms with E-state index in [0.29, 0.717) is 17.5 Å². The summed E-state index contributed by atoms with van der Waals surface area (Å²) in [6, 6.07) is 66.4. The minimum atomic E-state index is 0.639. The van der Waals surface area contributed by atoms with E-state index in [4.69, 9.17) is 15.0 Å². The molecule has 3 heteroatoms. The lowest BCUT2D eigenvalue weighted by molar-refractivity contribution is 1.08. The number of benzene rings is 9. The van der Waals surface area contributed by atoms with Crippen molar-refractivity contribution in [1.29, 1.82) is 0 Å². The van der Waals surface area contributed by atoms with E-state index in [1.165, 1.54) is 43.6 Å². The molecule has 0 spiro atoms. The van der Waals surface area contributed by atoms with E-state index in [1.807, 2.05) is 24.3 Å². The van der Waals surface area contributed by atoms with Gasteiger partial charge in [-0.1, -0.05) is 182 Å². The fourth-order valence-corrected chi connectivity index (χ4v) is 7.61. The van der Waals surface area contributed by atoms with Gasteiger partial charge in [0.25, 0.3) is 0 Å². The maximum Gasteiger partial charge on any atom is 0.165 e. The number of rotatable bonds is 5. The van der Waals surface area contributed by atoms with E-state index < -0.39 is 0 Å². The van der Waals surface area contributed by atoms with Gasteiger partial charge in [0, 0.05) is 16.7 Å². The third-order valence-corrected chi connectivity index (χ3v) is 10.1. The van der Waals surface area contributed by atoms with E-state index in [-0.39, 0.29) is 0 Å². The summed E-state index contributed by atoms with van der Waals surface area (Å²) in [5.74, 6) is 1.93. The SMILES string of the molecule is c1ccc(-c2ccc(-c3nc(-c4ccccc4)nc(-c4c5ccccc5c(-c5ccc6ccccc6c5)c5c4ccc4ccccc45)n3)cc2)cc1. The second-order valence-electron chi connectivity index (χ2n) is 13.2. The van der Waals surface area contributed by atoms with Crippen LogP contribution < -0.4 is 0 Å². The fourth-order valence-electron chi connectivity index (χ4n) is 7.61. The standard InChI is InChI=1S/C49H31N3/c1-3-13-32(14-4-1)34-23-26-37(27-24-34)48-50-47(36-17-5-2-6-18-36)51-49(52-48)46-42-22-12-11-21-41(42)44(39-28-25-33-15-7-8-19-38(33)31-39)45-40-20-10-9-16-35(40)29-30-43(45)46/h1-31H. The van der Waals surface area contributed by atoms with Crippen LogP contribution in [0.25, 0.3) is 99.5 Å². The van der Waals surface area contributed by atoms with Crippen molar-refractivity contribution in [1.82, 2.24) is 15.0 Å². The molecule has 1 heterocycles. The summed E-state index contributed by atoms with van der Waals surface area (Å²) in [6.07, 6.45) is 0. The molecule has 0 radical (unpaired) electrons. The number of hydrogen-bond donors (Lipinski definition) is 0. The molecule has 0 saturated heterocycles. The topological polar surface area (TPSA) is 38.7 Å². The van der Waals surface area contributed by atoms with E-state index in [0.717, 1.165) is 38.4 Å². The Morgan fingerprint density at radius 3 is 1.42 bits per heavy atom. The van der Waals surface area contributed by atoms with Gasteiger partial charge in [-0.05, 0) is 71.4 Å². The maximum absolute atomic E-state index is 5.30. The smallest absolute Gasteiger partial charge is 0.165 e. The Hall–Kier alpha value is -6.97. The third kappa shape index (κ3) is 5.10. The molecule has 0 aliphatic rings. The molecule has 0 aliphatic carbocycles. The van der Waals surface area contributed by atoms with Crippen LogP contribution >= 0.6 is 0 Å². The molecule has 10 rings (SSSR count). The Labute approximate surface area is 301 Å². The summed E-state index contributed by atoms with van der Waals surface area (Å²) < 4.78 is 0. The van der Waals surface area contributed by atoms with Gasteiger partial charge in [-0.15, -0.1) is 0 Å². The van der Waals surface area contributed by atoms with Crippen LogP contribution in [-0.4, -0.2) is 15.0 Å². The van der Waals surface area contributed by atoms with Crippen molar-refractivity contribution in [2.45, 2.75) is 0 Å². The molecule has 1 aromatic heterocycles. The van der Waals surface area contributed by atoms with E-state index >= 15 is 0 Å². The second-order valence-corrected chi connectivity index (χ2v) is 13.2. The van der Waals surface area contributed by atoms with Crippen LogP contribution in [0.15, 0.2) is 188 Å². The van der Waals surface area contributed by atoms with Crippen molar-refractivity contribution in [3.05, 3.63) is 188 Å². The number of hydrogen-bond acceptors (Lipinski definition) is 3. The van der Waals surface area contributed by atoms with Crippen LogP contribution in [0.3, 0.4) is 0 Å². The quantitative estimate of drug-likeness (QED) is 0.136. The van der Waals surface area contributed by atoms with Crippen molar-refractivity contribution < 1.29 is 0 Å². The molecule has 3 nitrogen and oxygen atoms in total. The first kappa shape index (κ1) is 29.9. The Balaban J connectivity index is 1.28. The van der Waals surface area contributed by atoms with Crippen molar-refractivity contribution >= 4 is 43.1 Å². The van der Waals surface area contributed by atoms with Crippen LogP contribution in [0.1, 0.15) is 0 Å². The first-order valence-electron chi connectivity index (χ1n) is 17.6. The average Bonchev–Trinajstić information content (AvgIpc) is 3.23. The molecule has 0 saturated carbocycles. The first-order chi connectivity index (χ1) is 25.8. The summed E-state index contributed by atoms with van der Waals surface area (Å²) in [5, 5.41) is 9.39. The van der Waals surface area contributed by atoms with Gasteiger partial charge in [0.1, 0.15) is 0 Å². The van der Waals surface area contributed by atoms with Crippen LogP contribution in [0.4, 0.5) is 0 Å². The lowest BCUT2D eigenvalue weighted by Gasteiger charge is -2.19. The van der Waals surface area contributed by atoms with Crippen molar-refractivity contribution in [3.63, 3.8) is 0 Å². The summed E-state index contributed by atoms with van der Waals surface area (Å²) in [4.78, 5) is 15.7. The molecule has 242 valence electrons. The minimum Gasteiger partial charge on any atom is -0.208 e. The molecule has 0 amide bonds. The van der Waals surface area contributed by atoms with Gasteiger partial charge in [0.15, 0.2) is 17.5 Å². The normalized spacial score (nSPS) is 11.5. The summed E-state index contributed by atoms with van der Waals surface area (Å²) in [5.41, 5.74) is 7.60. The van der Waals surface area contributed by atoms with Gasteiger partial charge >= 0.3 is 0 Å². The minimum absolute atomic E-state index is 0.639. The van der Waals surface area contributed by atoms with Crippen molar-refractivity contribution in [2.75, 3.05) is 0 Å². The Kier molecular flexibility index (Phi) is 7.14. The zero-order valence-electron chi connectivity index (χ0n) is 28.2. The molecule has 0 unspecified atom stereocenters. The lowest BCUT2D eigenvalue weighted by Crippen LogP contribution is -2.02. The molecule has 9 aromatic carbocycles. The van der Waals surface area contributed by atoms with Crippen molar-refractivity contribution in [2.24, 2.45) is 0 Å². The highest BCUT2D eigenvalue weighted by molar-refractivity contribution is 6.27. The summed E-state index contributed by atoms with van der Waals surface area (Å²) in [6.45, 7) is 0. The monoisotopic (exact) mass is 661 g/mol. The molecule has 0 fully saturated rings. The number of nitrogens with zero attached hydrogens (tertiary/aromatic N) is 3. The van der Waals surface area contributed by atoms with Gasteiger partial charge in [-0.25, -0.2) is 15.0 Å². The lowest BCUT2D eigenvalue weighted by atomic mass is 9.85. The van der Waals surface area contributed by atoms with E-state index in [2.05, 4.69) is 164 Å². The number of fused-ring (bicyclic) bond motifs is 5. The van der Waals surface area contributed by atoms with Crippen molar-refractivity contribution in [3.8, 4) is 56.4 Å². The highest BCUT2D eigenvalue weighted by Gasteiger charge is 2.22. The number of aromatic nitrogens is 3. The van der Waals surface area contributed by atoms with Crippen LogP contribution in [0.2, 0.25) is 0 Å². The highest BCUT2D eigenvalue weighted by atomic mass is 15.0. The maximum atomic E-state index is 5.30. The molecule has 0 bridgehead atoms. The molecule has 10 aromatic rings. The van der Waals surface area contributed by atoms with Crippen LogP contribution in [0, 0.1) is 0 Å². The highest BCUT2D eigenvalue weighted by Crippen LogP contribution is 2.46. The Bertz CT molecular complexity index is 2930. The second kappa shape index (κ2) is 12.4. The van der Waals surface area contributed by atoms with Gasteiger partial charge in [0.2, 0.25) is 0 Å². The van der Waals surface area contributed by atoms with Gasteiger partial charge in [0.05, 0.1) is 0 Å². The molecule has 0 atom stereocenters. The summed E-state index contributed by atoms with van der Waals surface area (Å²) in [7, 11) is 0. The molecule has 0 N–H and O–H groups in total.